The Balaban J connectivity index is 1.45. The number of nitrogens with zero attached hydrogens (tertiary/aromatic N) is 7. The van der Waals surface area contributed by atoms with Gasteiger partial charge < -0.3 is 4.90 Å². The number of halogens is 1. The molecule has 186 valence electrons. The summed E-state index contributed by atoms with van der Waals surface area (Å²) in [5.74, 6) is 0.360. The van der Waals surface area contributed by atoms with Gasteiger partial charge in [-0.2, -0.15) is 15.5 Å². The molecule has 36 heavy (non-hydrogen) atoms. The van der Waals surface area contributed by atoms with E-state index in [0.717, 1.165) is 47.0 Å². The molecule has 0 aliphatic heterocycles. The number of aromatic nitrogens is 5. The van der Waals surface area contributed by atoms with Crippen molar-refractivity contribution in [1.82, 2.24) is 29.3 Å². The smallest absolute Gasteiger partial charge is 0.155 e. The molecule has 0 atom stereocenters. The first-order chi connectivity index (χ1) is 17.5. The molecule has 0 bridgehead atoms. The van der Waals surface area contributed by atoms with Gasteiger partial charge in [-0.25, -0.2) is 13.9 Å². The molecule has 5 rings (SSSR count). The lowest BCUT2D eigenvalue weighted by atomic mass is 9.85. The van der Waals surface area contributed by atoms with Crippen molar-refractivity contribution in [3.63, 3.8) is 0 Å². The van der Waals surface area contributed by atoms with Crippen LogP contribution in [0.4, 0.5) is 4.39 Å². The maximum absolute atomic E-state index is 14.4. The van der Waals surface area contributed by atoms with Crippen LogP contribution >= 0.6 is 11.8 Å². The molecule has 4 aromatic heterocycles. The van der Waals surface area contributed by atoms with Crippen LogP contribution in [0.2, 0.25) is 0 Å². The van der Waals surface area contributed by atoms with Crippen LogP contribution in [0.1, 0.15) is 49.9 Å². The molecule has 9 heteroatoms. The van der Waals surface area contributed by atoms with Gasteiger partial charge in [0.25, 0.3) is 0 Å². The number of hydrogen-bond acceptors (Lipinski definition) is 6. The van der Waals surface area contributed by atoms with E-state index in [4.69, 9.17) is 5.10 Å². The van der Waals surface area contributed by atoms with Crippen molar-refractivity contribution in [2.45, 2.75) is 55.5 Å². The summed E-state index contributed by atoms with van der Waals surface area (Å²) in [5.41, 5.74) is 4.14. The molecule has 0 amide bonds. The molecule has 4 aromatic rings. The minimum absolute atomic E-state index is 0.263. The highest BCUT2D eigenvalue weighted by Gasteiger charge is 2.26. The summed E-state index contributed by atoms with van der Waals surface area (Å²) in [6.07, 6.45) is 11.6. The molecule has 1 fully saturated rings. The van der Waals surface area contributed by atoms with Crippen LogP contribution in [-0.4, -0.2) is 49.4 Å². The van der Waals surface area contributed by atoms with Crippen LogP contribution < -0.4 is 0 Å². The van der Waals surface area contributed by atoms with Gasteiger partial charge in [-0.05, 0) is 70.3 Å². The van der Waals surface area contributed by atoms with Gasteiger partial charge in [0.2, 0.25) is 0 Å². The van der Waals surface area contributed by atoms with Crippen LogP contribution in [0, 0.1) is 30.0 Å². The Morgan fingerprint density at radius 2 is 2.03 bits per heavy atom. The lowest BCUT2D eigenvalue weighted by Gasteiger charge is -2.31. The number of nitriles is 1. The molecule has 0 N–H and O–H groups in total. The number of rotatable bonds is 7. The molecule has 1 aliphatic rings. The number of hydrogen-bond donors (Lipinski definition) is 0. The molecule has 7 nitrogen and oxygen atoms in total. The second-order valence-corrected chi connectivity index (χ2v) is 10.6. The molecule has 4 heterocycles. The molecule has 1 saturated carbocycles. The maximum atomic E-state index is 14.4. The Morgan fingerprint density at radius 3 is 2.75 bits per heavy atom. The number of fused-ring (bicyclic) bond motifs is 1. The summed E-state index contributed by atoms with van der Waals surface area (Å²) in [7, 11) is 2.20. The van der Waals surface area contributed by atoms with Crippen molar-refractivity contribution in [3.8, 4) is 17.2 Å². The standard InChI is InChI=1S/C27H30FN7S/c1-4-33(3)16-19-7-9-22(10-8-19)35-18(2)23(15-32-35)20-12-25(36-27-24(28)6-5-11-30-27)26-21(13-29)14-31-34(26)17-20/h5-6,11-12,14-15,17,19,22H,4,7-10,16H2,1-3H3. The van der Waals surface area contributed by atoms with E-state index < -0.39 is 5.82 Å². The highest BCUT2D eigenvalue weighted by Crippen LogP contribution is 2.38. The summed E-state index contributed by atoms with van der Waals surface area (Å²) in [6.45, 7) is 6.57. The van der Waals surface area contributed by atoms with Crippen LogP contribution in [0.25, 0.3) is 16.6 Å². The predicted molar refractivity (Wildman–Crippen MR) is 138 cm³/mol. The highest BCUT2D eigenvalue weighted by molar-refractivity contribution is 7.99. The van der Waals surface area contributed by atoms with Crippen molar-refractivity contribution in [3.05, 3.63) is 60.1 Å². The predicted octanol–water partition coefficient (Wildman–Crippen LogP) is 5.75. The van der Waals surface area contributed by atoms with E-state index in [-0.39, 0.29) is 5.03 Å². The molecule has 0 radical (unpaired) electrons. The van der Waals surface area contributed by atoms with Gasteiger partial charge in [-0.15, -0.1) is 0 Å². The van der Waals surface area contributed by atoms with Gasteiger partial charge >= 0.3 is 0 Å². The van der Waals surface area contributed by atoms with E-state index in [2.05, 4.69) is 46.6 Å². The van der Waals surface area contributed by atoms with Crippen molar-refractivity contribution >= 4 is 17.3 Å². The van der Waals surface area contributed by atoms with Gasteiger partial charge in [0.15, 0.2) is 5.82 Å². The average molecular weight is 504 g/mol. The fraction of sp³-hybridized carbons (Fsp3) is 0.407. The third kappa shape index (κ3) is 4.75. The second-order valence-electron chi connectivity index (χ2n) is 9.57. The maximum Gasteiger partial charge on any atom is 0.155 e. The van der Waals surface area contributed by atoms with Crippen LogP contribution in [0.15, 0.2) is 52.9 Å². The fourth-order valence-electron chi connectivity index (χ4n) is 5.16. The van der Waals surface area contributed by atoms with Crippen molar-refractivity contribution in [2.75, 3.05) is 20.1 Å². The lowest BCUT2D eigenvalue weighted by molar-refractivity contribution is 0.202. The molecular weight excluding hydrogens is 473 g/mol. The van der Waals surface area contributed by atoms with E-state index in [0.29, 0.717) is 17.1 Å². The summed E-state index contributed by atoms with van der Waals surface area (Å²) in [4.78, 5) is 7.32. The van der Waals surface area contributed by atoms with Gasteiger partial charge in [0.05, 0.1) is 29.5 Å². The van der Waals surface area contributed by atoms with E-state index in [1.54, 1.807) is 23.0 Å². The Bertz CT molecular complexity index is 1410. The van der Waals surface area contributed by atoms with Crippen molar-refractivity contribution < 1.29 is 4.39 Å². The first-order valence-electron chi connectivity index (χ1n) is 12.4. The lowest BCUT2D eigenvalue weighted by Crippen LogP contribution is -2.29. The van der Waals surface area contributed by atoms with Gasteiger partial charge in [0.1, 0.15) is 11.1 Å². The van der Waals surface area contributed by atoms with E-state index in [9.17, 15) is 9.65 Å². The Hall–Kier alpha value is -3.22. The van der Waals surface area contributed by atoms with Crippen LogP contribution in [0.3, 0.4) is 0 Å². The SMILES string of the molecule is CCN(C)CC1CCC(n2ncc(-c3cc(Sc4ncccc4F)c4c(C#N)cnn4c3)c2C)CC1. The van der Waals surface area contributed by atoms with Crippen LogP contribution in [-0.2, 0) is 0 Å². The Kier molecular flexibility index (Phi) is 7.08. The Morgan fingerprint density at radius 1 is 1.22 bits per heavy atom. The van der Waals surface area contributed by atoms with Gasteiger partial charge in [-0.3, -0.25) is 4.68 Å². The van der Waals surface area contributed by atoms with Crippen molar-refractivity contribution in [1.29, 1.82) is 5.26 Å². The molecule has 0 unspecified atom stereocenters. The molecule has 1 aliphatic carbocycles. The summed E-state index contributed by atoms with van der Waals surface area (Å²) < 4.78 is 18.3. The minimum Gasteiger partial charge on any atom is -0.306 e. The normalized spacial score (nSPS) is 18.1. The van der Waals surface area contributed by atoms with E-state index >= 15 is 0 Å². The van der Waals surface area contributed by atoms with Crippen molar-refractivity contribution in [2.24, 2.45) is 5.92 Å². The molecule has 0 aromatic carbocycles. The monoisotopic (exact) mass is 503 g/mol. The topological polar surface area (TPSA) is 75.0 Å². The van der Waals surface area contributed by atoms with Gasteiger partial charge in [-0.1, -0.05) is 18.7 Å². The zero-order chi connectivity index (χ0) is 25.2. The quantitative estimate of drug-likeness (QED) is 0.320. The van der Waals surface area contributed by atoms with E-state index in [1.807, 2.05) is 18.5 Å². The fourth-order valence-corrected chi connectivity index (χ4v) is 6.13. The van der Waals surface area contributed by atoms with E-state index in [1.165, 1.54) is 37.2 Å². The third-order valence-electron chi connectivity index (χ3n) is 7.26. The molecular formula is C27H30FN7S. The minimum atomic E-state index is -0.395. The largest absolute Gasteiger partial charge is 0.306 e. The van der Waals surface area contributed by atoms with Gasteiger partial charge in [0, 0.05) is 40.7 Å². The summed E-state index contributed by atoms with van der Waals surface area (Å²) in [5, 5.41) is 19.1. The third-order valence-corrected chi connectivity index (χ3v) is 8.28. The molecule has 0 saturated heterocycles. The first-order valence-corrected chi connectivity index (χ1v) is 13.2. The second kappa shape index (κ2) is 10.4. The van der Waals surface area contributed by atoms with Crippen LogP contribution in [0.5, 0.6) is 0 Å². The zero-order valence-electron chi connectivity index (χ0n) is 20.9. The summed E-state index contributed by atoms with van der Waals surface area (Å²) in [6, 6.07) is 7.54. The first kappa shape index (κ1) is 24.5. The Labute approximate surface area is 214 Å². The molecule has 0 spiro atoms. The zero-order valence-corrected chi connectivity index (χ0v) is 21.7. The summed E-state index contributed by atoms with van der Waals surface area (Å²) >= 11 is 1.20. The highest BCUT2D eigenvalue weighted by atomic mass is 32.2. The average Bonchev–Trinajstić information content (AvgIpc) is 3.49. The number of pyridine rings is 2.